The highest BCUT2D eigenvalue weighted by Crippen LogP contribution is 2.36. The van der Waals surface area contributed by atoms with E-state index in [1.54, 1.807) is 6.26 Å². The van der Waals surface area contributed by atoms with Crippen LogP contribution in [0.5, 0.6) is 0 Å². The summed E-state index contributed by atoms with van der Waals surface area (Å²) in [6, 6.07) is 23.1. The third-order valence-electron chi connectivity index (χ3n) is 6.70. The lowest BCUT2D eigenvalue weighted by atomic mass is 9.92. The fourth-order valence-corrected chi connectivity index (χ4v) is 5.18. The van der Waals surface area contributed by atoms with Crippen molar-refractivity contribution in [3.8, 4) is 0 Å². The van der Waals surface area contributed by atoms with Crippen molar-refractivity contribution in [2.24, 2.45) is 5.92 Å². The van der Waals surface area contributed by atoms with Gasteiger partial charge in [-0.25, -0.2) is 0 Å². The average Bonchev–Trinajstić information content (AvgIpc) is 3.43. The van der Waals surface area contributed by atoms with Gasteiger partial charge >= 0.3 is 0 Å². The topological polar surface area (TPSA) is 36.7 Å². The highest BCUT2D eigenvalue weighted by molar-refractivity contribution is 5.64. The number of rotatable bonds is 6. The molecule has 4 heteroatoms. The summed E-state index contributed by atoms with van der Waals surface area (Å²) < 4.78 is 5.81. The summed E-state index contributed by atoms with van der Waals surface area (Å²) in [7, 11) is 0. The van der Waals surface area contributed by atoms with Gasteiger partial charge in [0.15, 0.2) is 0 Å². The Morgan fingerprint density at radius 3 is 2.47 bits per heavy atom. The summed E-state index contributed by atoms with van der Waals surface area (Å²) in [5, 5.41) is 0. The van der Waals surface area contributed by atoms with Gasteiger partial charge in [-0.3, -0.25) is 9.80 Å². The number of likely N-dealkylation sites (tertiary alicyclic amines) is 1. The molecule has 1 saturated heterocycles. The molecule has 4 nitrogen and oxygen atoms in total. The molecule has 0 spiro atoms. The van der Waals surface area contributed by atoms with E-state index in [0.717, 1.165) is 51.1 Å². The Bertz CT molecular complexity index is 962. The molecule has 2 aliphatic heterocycles. The predicted octanol–water partition coefficient (Wildman–Crippen LogP) is 4.84. The van der Waals surface area contributed by atoms with Gasteiger partial charge < -0.3 is 9.21 Å². The van der Waals surface area contributed by atoms with E-state index in [1.165, 1.54) is 16.7 Å². The molecule has 2 aromatic carbocycles. The second-order valence-corrected chi connectivity index (χ2v) is 8.52. The fourth-order valence-electron chi connectivity index (χ4n) is 5.18. The van der Waals surface area contributed by atoms with Gasteiger partial charge in [-0.05, 0) is 60.7 Å². The second-order valence-electron chi connectivity index (χ2n) is 8.52. The minimum absolute atomic E-state index is 0.0839. The van der Waals surface area contributed by atoms with Crippen LogP contribution < -0.4 is 0 Å². The van der Waals surface area contributed by atoms with Gasteiger partial charge in [0.25, 0.3) is 0 Å². The normalized spacial score (nSPS) is 21.4. The maximum atomic E-state index is 11.8. The molecule has 2 atom stereocenters. The van der Waals surface area contributed by atoms with E-state index < -0.39 is 0 Å². The van der Waals surface area contributed by atoms with Crippen LogP contribution in [0.15, 0.2) is 77.4 Å². The zero-order valence-corrected chi connectivity index (χ0v) is 17.2. The number of piperidine rings is 1. The molecular formula is C26H28N2O2. The van der Waals surface area contributed by atoms with Crippen LogP contribution in [0.4, 0.5) is 0 Å². The van der Waals surface area contributed by atoms with Crippen LogP contribution in [0.2, 0.25) is 0 Å². The molecule has 0 radical (unpaired) electrons. The minimum Gasteiger partial charge on any atom is -0.467 e. The van der Waals surface area contributed by atoms with Gasteiger partial charge in [0.2, 0.25) is 0 Å². The van der Waals surface area contributed by atoms with Crippen molar-refractivity contribution >= 4 is 6.29 Å². The molecular weight excluding hydrogens is 372 g/mol. The quantitative estimate of drug-likeness (QED) is 0.555. The first kappa shape index (κ1) is 19.3. The smallest absolute Gasteiger partial charge is 0.141 e. The molecule has 0 N–H and O–H groups in total. The number of hydrogen-bond acceptors (Lipinski definition) is 4. The van der Waals surface area contributed by atoms with Crippen molar-refractivity contribution in [2.75, 3.05) is 19.6 Å². The Hall–Kier alpha value is -2.69. The van der Waals surface area contributed by atoms with Gasteiger partial charge in [-0.15, -0.1) is 0 Å². The van der Waals surface area contributed by atoms with Crippen LogP contribution in [0.3, 0.4) is 0 Å². The van der Waals surface area contributed by atoms with Gasteiger partial charge in [0, 0.05) is 13.1 Å². The number of hydrogen-bond donors (Lipinski definition) is 0. The molecule has 1 aromatic heterocycles. The average molecular weight is 401 g/mol. The third-order valence-corrected chi connectivity index (χ3v) is 6.70. The van der Waals surface area contributed by atoms with Crippen molar-refractivity contribution in [3.05, 3.63) is 95.4 Å². The van der Waals surface area contributed by atoms with Gasteiger partial charge in [0.05, 0.1) is 18.3 Å². The molecule has 2 aliphatic rings. The minimum atomic E-state index is -0.0839. The first-order chi connectivity index (χ1) is 14.8. The Kier molecular flexibility index (Phi) is 5.52. The first-order valence-corrected chi connectivity index (χ1v) is 10.9. The molecule has 30 heavy (non-hydrogen) atoms. The SMILES string of the molecule is O=CC1c2ccccc2CN1CC1CCN(C(c2ccccc2)c2ccco2)CC1. The highest BCUT2D eigenvalue weighted by Gasteiger charge is 2.34. The van der Waals surface area contributed by atoms with Gasteiger partial charge in [0.1, 0.15) is 12.0 Å². The zero-order chi connectivity index (χ0) is 20.3. The molecule has 0 amide bonds. The summed E-state index contributed by atoms with van der Waals surface area (Å²) in [5.74, 6) is 1.63. The molecule has 0 saturated carbocycles. The lowest BCUT2D eigenvalue weighted by molar-refractivity contribution is -0.112. The molecule has 0 bridgehead atoms. The molecule has 0 aliphatic carbocycles. The molecule has 154 valence electrons. The standard InChI is InChI=1S/C26H28N2O2/c29-19-24-23-10-5-4-9-22(23)18-28(24)17-20-12-14-27(15-13-20)26(25-11-6-16-30-25)21-7-2-1-3-8-21/h1-11,16,19-20,24,26H,12-15,17-18H2. The van der Waals surface area contributed by atoms with E-state index in [-0.39, 0.29) is 12.1 Å². The van der Waals surface area contributed by atoms with Crippen molar-refractivity contribution < 1.29 is 9.21 Å². The maximum Gasteiger partial charge on any atom is 0.141 e. The lowest BCUT2D eigenvalue weighted by Crippen LogP contribution is -2.40. The maximum absolute atomic E-state index is 11.8. The first-order valence-electron chi connectivity index (χ1n) is 10.9. The summed E-state index contributed by atoms with van der Waals surface area (Å²) in [5.41, 5.74) is 3.77. The largest absolute Gasteiger partial charge is 0.467 e. The highest BCUT2D eigenvalue weighted by atomic mass is 16.3. The predicted molar refractivity (Wildman–Crippen MR) is 117 cm³/mol. The Morgan fingerprint density at radius 1 is 0.967 bits per heavy atom. The lowest BCUT2D eigenvalue weighted by Gasteiger charge is -2.38. The molecule has 3 heterocycles. The number of aldehydes is 1. The van der Waals surface area contributed by atoms with Crippen LogP contribution in [0, 0.1) is 5.92 Å². The summed E-state index contributed by atoms with van der Waals surface area (Å²) in [6.07, 6.45) is 5.16. The summed E-state index contributed by atoms with van der Waals surface area (Å²) >= 11 is 0. The van der Waals surface area contributed by atoms with Crippen LogP contribution in [0.25, 0.3) is 0 Å². The van der Waals surface area contributed by atoms with E-state index in [9.17, 15) is 4.79 Å². The zero-order valence-electron chi connectivity index (χ0n) is 17.2. The van der Waals surface area contributed by atoms with E-state index in [4.69, 9.17) is 4.42 Å². The van der Waals surface area contributed by atoms with E-state index in [1.807, 2.05) is 12.1 Å². The number of benzene rings is 2. The van der Waals surface area contributed by atoms with Gasteiger partial charge in [-0.2, -0.15) is 0 Å². The van der Waals surface area contributed by atoms with E-state index >= 15 is 0 Å². The fraction of sp³-hybridized carbons (Fsp3) is 0.346. The van der Waals surface area contributed by atoms with Crippen LogP contribution in [-0.2, 0) is 11.3 Å². The number of carbonyl (C=O) groups excluding carboxylic acids is 1. The Labute approximate surface area is 178 Å². The number of fused-ring (bicyclic) bond motifs is 1. The number of furan rings is 1. The van der Waals surface area contributed by atoms with Crippen molar-refractivity contribution in [1.29, 1.82) is 0 Å². The molecule has 1 fully saturated rings. The van der Waals surface area contributed by atoms with Crippen molar-refractivity contribution in [2.45, 2.75) is 31.5 Å². The number of nitrogens with zero attached hydrogens (tertiary/aromatic N) is 2. The number of carbonyl (C=O) groups is 1. The van der Waals surface area contributed by atoms with E-state index in [0.29, 0.717) is 5.92 Å². The van der Waals surface area contributed by atoms with Crippen LogP contribution >= 0.6 is 0 Å². The third kappa shape index (κ3) is 3.73. The monoisotopic (exact) mass is 400 g/mol. The van der Waals surface area contributed by atoms with Crippen LogP contribution in [0.1, 0.15) is 47.4 Å². The van der Waals surface area contributed by atoms with Crippen molar-refractivity contribution in [3.63, 3.8) is 0 Å². The second kappa shape index (κ2) is 8.58. The van der Waals surface area contributed by atoms with Crippen molar-refractivity contribution in [1.82, 2.24) is 9.80 Å². The Morgan fingerprint density at radius 2 is 1.73 bits per heavy atom. The molecule has 2 unspecified atom stereocenters. The van der Waals surface area contributed by atoms with Gasteiger partial charge in [-0.1, -0.05) is 54.6 Å². The molecule has 5 rings (SSSR count). The Balaban J connectivity index is 1.26. The van der Waals surface area contributed by atoms with Crippen LogP contribution in [-0.4, -0.2) is 35.7 Å². The molecule has 3 aromatic rings. The van der Waals surface area contributed by atoms with E-state index in [2.05, 4.69) is 64.4 Å². The summed E-state index contributed by atoms with van der Waals surface area (Å²) in [4.78, 5) is 16.7. The summed E-state index contributed by atoms with van der Waals surface area (Å²) in [6.45, 7) is 3.95.